The van der Waals surface area contributed by atoms with Crippen molar-refractivity contribution in [2.24, 2.45) is 0 Å². The topological polar surface area (TPSA) is 46.3 Å². The minimum atomic E-state index is 0.117. The van der Waals surface area contributed by atoms with Crippen molar-refractivity contribution in [3.63, 3.8) is 0 Å². The number of hydrogen-bond acceptors (Lipinski definition) is 3. The molecule has 1 aliphatic heterocycles. The van der Waals surface area contributed by atoms with Gasteiger partial charge in [0.05, 0.1) is 12.2 Å². The van der Waals surface area contributed by atoms with Gasteiger partial charge in [-0.1, -0.05) is 19.0 Å². The zero-order chi connectivity index (χ0) is 11.4. The lowest BCUT2D eigenvalue weighted by Crippen LogP contribution is -2.33. The molecule has 0 atom stereocenters. The van der Waals surface area contributed by atoms with Gasteiger partial charge in [-0.25, -0.2) is 0 Å². The fourth-order valence-electron chi connectivity index (χ4n) is 1.61. The molecule has 0 bridgehead atoms. The first-order chi connectivity index (χ1) is 7.18. The van der Waals surface area contributed by atoms with Crippen LogP contribution in [0.5, 0.6) is 0 Å². The van der Waals surface area contributed by atoms with Crippen molar-refractivity contribution in [3.8, 4) is 0 Å². The van der Waals surface area contributed by atoms with Crippen LogP contribution in [-0.4, -0.2) is 22.5 Å². The molecule has 0 aliphatic carbocycles. The van der Waals surface area contributed by atoms with Crippen LogP contribution < -0.4 is 0 Å². The molecular formula is C11H18N2O2. The first-order valence-corrected chi connectivity index (χ1v) is 5.38. The van der Waals surface area contributed by atoms with Gasteiger partial charge in [0.25, 0.3) is 0 Å². The third kappa shape index (κ3) is 2.37. The summed E-state index contributed by atoms with van der Waals surface area (Å²) in [6.45, 7) is 8.90. The molecule has 4 heteroatoms. The Morgan fingerprint density at radius 1 is 1.47 bits per heavy atom. The van der Waals surface area contributed by atoms with E-state index in [4.69, 9.17) is 4.52 Å². The third-order valence-corrected chi connectivity index (χ3v) is 2.47. The standard InChI is InChI=1S/C9H12N2O2.C2H6/c1-6-8-5-11(7(2)12)4-3-9(8)13-10-6;1-2/h3-5H2,1-2H3;1-2H3. The molecule has 84 valence electrons. The summed E-state index contributed by atoms with van der Waals surface area (Å²) >= 11 is 0. The smallest absolute Gasteiger partial charge is 0.219 e. The van der Waals surface area contributed by atoms with Crippen molar-refractivity contribution < 1.29 is 9.32 Å². The van der Waals surface area contributed by atoms with Crippen LogP contribution >= 0.6 is 0 Å². The summed E-state index contributed by atoms with van der Waals surface area (Å²) in [5.41, 5.74) is 1.99. The van der Waals surface area contributed by atoms with Crippen LogP contribution in [0.4, 0.5) is 0 Å². The van der Waals surface area contributed by atoms with E-state index in [1.54, 1.807) is 6.92 Å². The number of nitrogens with zero attached hydrogens (tertiary/aromatic N) is 2. The van der Waals surface area contributed by atoms with E-state index in [1.807, 2.05) is 25.7 Å². The van der Waals surface area contributed by atoms with E-state index in [2.05, 4.69) is 5.16 Å². The van der Waals surface area contributed by atoms with Gasteiger partial charge in [-0.2, -0.15) is 0 Å². The van der Waals surface area contributed by atoms with Gasteiger partial charge >= 0.3 is 0 Å². The molecule has 2 rings (SSSR count). The average Bonchev–Trinajstić information content (AvgIpc) is 2.63. The molecule has 0 unspecified atom stereocenters. The summed E-state index contributed by atoms with van der Waals surface area (Å²) < 4.78 is 5.13. The first-order valence-electron chi connectivity index (χ1n) is 5.38. The molecule has 0 radical (unpaired) electrons. The number of fused-ring (bicyclic) bond motifs is 1. The second kappa shape index (κ2) is 4.96. The largest absolute Gasteiger partial charge is 0.361 e. The number of carbonyl (C=O) groups excluding carboxylic acids is 1. The van der Waals surface area contributed by atoms with E-state index in [1.165, 1.54) is 0 Å². The van der Waals surface area contributed by atoms with Crippen molar-refractivity contribution >= 4 is 5.91 Å². The monoisotopic (exact) mass is 210 g/mol. The van der Waals surface area contributed by atoms with Gasteiger partial charge in [0, 0.05) is 25.5 Å². The molecule has 0 aromatic carbocycles. The van der Waals surface area contributed by atoms with Gasteiger partial charge in [0.2, 0.25) is 5.91 Å². The highest BCUT2D eigenvalue weighted by molar-refractivity contribution is 5.73. The Balaban J connectivity index is 0.000000531. The van der Waals surface area contributed by atoms with E-state index in [0.717, 1.165) is 30.0 Å². The van der Waals surface area contributed by atoms with Crippen LogP contribution in [0, 0.1) is 6.92 Å². The lowest BCUT2D eigenvalue weighted by molar-refractivity contribution is -0.129. The zero-order valence-corrected chi connectivity index (χ0v) is 9.83. The molecule has 1 aliphatic rings. The lowest BCUT2D eigenvalue weighted by atomic mass is 10.1. The van der Waals surface area contributed by atoms with E-state index >= 15 is 0 Å². The maximum Gasteiger partial charge on any atom is 0.219 e. The molecular weight excluding hydrogens is 192 g/mol. The predicted molar refractivity (Wildman–Crippen MR) is 57.4 cm³/mol. The molecule has 0 spiro atoms. The summed E-state index contributed by atoms with van der Waals surface area (Å²) in [4.78, 5) is 12.9. The fraction of sp³-hybridized carbons (Fsp3) is 0.636. The molecule has 2 heterocycles. The van der Waals surface area contributed by atoms with E-state index < -0.39 is 0 Å². The summed E-state index contributed by atoms with van der Waals surface area (Å²) in [7, 11) is 0. The Hall–Kier alpha value is -1.32. The summed E-state index contributed by atoms with van der Waals surface area (Å²) in [6.07, 6.45) is 0.787. The second-order valence-electron chi connectivity index (χ2n) is 3.36. The Kier molecular flexibility index (Phi) is 3.88. The van der Waals surface area contributed by atoms with Crippen molar-refractivity contribution in [3.05, 3.63) is 17.0 Å². The molecule has 0 N–H and O–H groups in total. The van der Waals surface area contributed by atoms with Crippen LogP contribution in [0.2, 0.25) is 0 Å². The first kappa shape index (κ1) is 11.8. The third-order valence-electron chi connectivity index (χ3n) is 2.47. The Morgan fingerprint density at radius 3 is 2.73 bits per heavy atom. The van der Waals surface area contributed by atoms with E-state index in [-0.39, 0.29) is 5.91 Å². The molecule has 1 amide bonds. The summed E-state index contributed by atoms with van der Waals surface area (Å²) in [5.74, 6) is 1.06. The Labute approximate surface area is 90.2 Å². The number of aromatic nitrogens is 1. The number of rotatable bonds is 0. The molecule has 0 saturated heterocycles. The Bertz CT molecular complexity index is 344. The van der Waals surface area contributed by atoms with E-state index in [9.17, 15) is 4.79 Å². The van der Waals surface area contributed by atoms with Crippen molar-refractivity contribution in [1.82, 2.24) is 10.1 Å². The highest BCUT2D eigenvalue weighted by atomic mass is 16.5. The molecule has 1 aromatic rings. The maximum absolute atomic E-state index is 11.1. The summed E-state index contributed by atoms with van der Waals surface area (Å²) in [5, 5.41) is 3.88. The van der Waals surface area contributed by atoms with Crippen molar-refractivity contribution in [2.75, 3.05) is 6.54 Å². The van der Waals surface area contributed by atoms with Gasteiger partial charge in [0.15, 0.2) is 0 Å². The highest BCUT2D eigenvalue weighted by Gasteiger charge is 2.23. The van der Waals surface area contributed by atoms with Gasteiger partial charge in [-0.05, 0) is 6.92 Å². The SMILES string of the molecule is CC.CC(=O)N1CCc2onc(C)c2C1. The van der Waals surface area contributed by atoms with Crippen LogP contribution in [-0.2, 0) is 17.8 Å². The molecule has 0 saturated carbocycles. The van der Waals surface area contributed by atoms with Crippen LogP contribution in [0.1, 0.15) is 37.8 Å². The fourth-order valence-corrected chi connectivity index (χ4v) is 1.61. The average molecular weight is 210 g/mol. The van der Waals surface area contributed by atoms with Gasteiger partial charge < -0.3 is 9.42 Å². The van der Waals surface area contributed by atoms with Crippen molar-refractivity contribution in [1.29, 1.82) is 0 Å². The van der Waals surface area contributed by atoms with Gasteiger partial charge in [-0.3, -0.25) is 4.79 Å². The van der Waals surface area contributed by atoms with E-state index in [0.29, 0.717) is 6.54 Å². The number of amides is 1. The minimum Gasteiger partial charge on any atom is -0.361 e. The normalized spacial score (nSPS) is 14.0. The minimum absolute atomic E-state index is 0.117. The molecule has 15 heavy (non-hydrogen) atoms. The van der Waals surface area contributed by atoms with Crippen LogP contribution in [0.15, 0.2) is 4.52 Å². The van der Waals surface area contributed by atoms with Gasteiger partial charge in [-0.15, -0.1) is 0 Å². The predicted octanol–water partition coefficient (Wildman–Crippen LogP) is 1.91. The van der Waals surface area contributed by atoms with Crippen molar-refractivity contribution in [2.45, 2.75) is 40.7 Å². The summed E-state index contributed by atoms with van der Waals surface area (Å²) in [6, 6.07) is 0. The number of aryl methyl sites for hydroxylation is 1. The quantitative estimate of drug-likeness (QED) is 0.657. The number of hydrogen-bond donors (Lipinski definition) is 0. The van der Waals surface area contributed by atoms with Crippen LogP contribution in [0.25, 0.3) is 0 Å². The number of carbonyl (C=O) groups is 1. The van der Waals surface area contributed by atoms with Crippen LogP contribution in [0.3, 0.4) is 0 Å². The molecule has 4 nitrogen and oxygen atoms in total. The second-order valence-corrected chi connectivity index (χ2v) is 3.36. The molecule has 1 aromatic heterocycles. The molecule has 0 fully saturated rings. The maximum atomic E-state index is 11.1. The Morgan fingerprint density at radius 2 is 2.13 bits per heavy atom. The van der Waals surface area contributed by atoms with Gasteiger partial charge in [0.1, 0.15) is 5.76 Å². The zero-order valence-electron chi connectivity index (χ0n) is 9.83. The highest BCUT2D eigenvalue weighted by Crippen LogP contribution is 2.21. The lowest BCUT2D eigenvalue weighted by Gasteiger charge is -2.24.